The first-order chi connectivity index (χ1) is 10.7. The molecule has 2 bridgehead atoms. The Bertz CT molecular complexity index is 571. The number of nitrogens with one attached hydrogen (secondary N) is 1. The molecule has 8 heteroatoms. The van der Waals surface area contributed by atoms with Gasteiger partial charge in [-0.2, -0.15) is 13.2 Å². The van der Waals surface area contributed by atoms with E-state index in [-0.39, 0.29) is 30.3 Å². The van der Waals surface area contributed by atoms with Crippen LogP contribution in [0.25, 0.3) is 0 Å². The second kappa shape index (κ2) is 4.40. The predicted octanol–water partition coefficient (Wildman–Crippen LogP) is 1.37. The number of amides is 2. The van der Waals surface area contributed by atoms with E-state index >= 15 is 0 Å². The number of ether oxygens (including phenoxy) is 1. The molecule has 4 rings (SSSR count). The van der Waals surface area contributed by atoms with Crippen LogP contribution in [0.1, 0.15) is 38.5 Å². The largest absolute Gasteiger partial charge is 0.417 e. The van der Waals surface area contributed by atoms with Crippen molar-refractivity contribution in [3.63, 3.8) is 0 Å². The Kier molecular flexibility index (Phi) is 2.91. The minimum Gasteiger partial charge on any atom is -0.369 e. The van der Waals surface area contributed by atoms with Gasteiger partial charge in [-0.3, -0.25) is 9.59 Å². The van der Waals surface area contributed by atoms with E-state index in [2.05, 4.69) is 5.32 Å². The van der Waals surface area contributed by atoms with E-state index in [0.717, 1.165) is 26.4 Å². The summed E-state index contributed by atoms with van der Waals surface area (Å²) in [7, 11) is 1.00. The summed E-state index contributed by atoms with van der Waals surface area (Å²) in [5.41, 5.74) is -3.80. The molecule has 4 aliphatic rings. The Morgan fingerprint density at radius 1 is 1.26 bits per heavy atom. The molecule has 2 saturated carbocycles. The van der Waals surface area contributed by atoms with Crippen LogP contribution in [0.4, 0.5) is 13.2 Å². The van der Waals surface area contributed by atoms with Gasteiger partial charge in [-0.1, -0.05) is 0 Å². The molecule has 5 nitrogen and oxygen atoms in total. The summed E-state index contributed by atoms with van der Waals surface area (Å²) in [5.74, 6) is -0.373. The normalized spacial score (nSPS) is 45.7. The molecule has 4 fully saturated rings. The third kappa shape index (κ3) is 1.84. The zero-order valence-electron chi connectivity index (χ0n) is 12.8. The van der Waals surface area contributed by atoms with Gasteiger partial charge in [0.1, 0.15) is 5.54 Å². The van der Waals surface area contributed by atoms with E-state index in [1.165, 1.54) is 0 Å². The molecule has 0 aromatic rings. The number of alkyl halides is 3. The molecule has 0 aromatic heterocycles. The van der Waals surface area contributed by atoms with Gasteiger partial charge >= 0.3 is 6.18 Å². The van der Waals surface area contributed by atoms with Gasteiger partial charge in [-0.15, -0.1) is 0 Å². The van der Waals surface area contributed by atoms with Gasteiger partial charge in [0, 0.05) is 38.5 Å². The molecule has 2 heterocycles. The summed E-state index contributed by atoms with van der Waals surface area (Å²) < 4.78 is 44.5. The first-order valence-corrected chi connectivity index (χ1v) is 7.97. The predicted molar refractivity (Wildman–Crippen MR) is 72.3 cm³/mol. The van der Waals surface area contributed by atoms with E-state index in [1.54, 1.807) is 4.90 Å². The maximum absolute atomic E-state index is 13.3. The highest BCUT2D eigenvalue weighted by atomic mass is 19.4. The quantitative estimate of drug-likeness (QED) is 0.789. The molecule has 1 spiro atoms. The van der Waals surface area contributed by atoms with Gasteiger partial charge in [0.25, 0.3) is 0 Å². The van der Waals surface area contributed by atoms with Crippen molar-refractivity contribution in [3.8, 4) is 0 Å². The van der Waals surface area contributed by atoms with Gasteiger partial charge in [0.15, 0.2) is 5.60 Å². The van der Waals surface area contributed by atoms with Gasteiger partial charge < -0.3 is 15.0 Å². The Labute approximate surface area is 131 Å². The molecule has 128 valence electrons. The van der Waals surface area contributed by atoms with Crippen molar-refractivity contribution in [1.29, 1.82) is 0 Å². The van der Waals surface area contributed by atoms with E-state index < -0.39 is 30.2 Å². The number of hydrogen-bond donors (Lipinski definition) is 1. The summed E-state index contributed by atoms with van der Waals surface area (Å²) in [6.45, 7) is 0. The Morgan fingerprint density at radius 2 is 1.96 bits per heavy atom. The van der Waals surface area contributed by atoms with Crippen molar-refractivity contribution < 1.29 is 27.5 Å². The van der Waals surface area contributed by atoms with Crippen LogP contribution in [0.3, 0.4) is 0 Å². The SMILES string of the molecule is COC1(C(F)(F)F)CC2(C1)NC(=O)C[C@@H]1[C@H]3CC[C@H](C3)N1C2=O. The van der Waals surface area contributed by atoms with Crippen molar-refractivity contribution >= 4 is 11.8 Å². The summed E-state index contributed by atoms with van der Waals surface area (Å²) >= 11 is 0. The maximum Gasteiger partial charge on any atom is 0.417 e. The van der Waals surface area contributed by atoms with Crippen molar-refractivity contribution in [2.75, 3.05) is 7.11 Å². The molecule has 2 saturated heterocycles. The van der Waals surface area contributed by atoms with Crippen molar-refractivity contribution in [2.45, 2.75) is 67.9 Å². The Hall–Kier alpha value is -1.31. The minimum atomic E-state index is -4.56. The number of halogens is 3. The highest BCUT2D eigenvalue weighted by molar-refractivity contribution is 5.96. The lowest BCUT2D eigenvalue weighted by molar-refractivity contribution is -0.311. The van der Waals surface area contributed by atoms with Crippen LogP contribution < -0.4 is 5.32 Å². The number of methoxy groups -OCH3 is 1. The number of carbonyl (C=O) groups excluding carboxylic acids is 2. The Balaban J connectivity index is 1.65. The molecule has 0 unspecified atom stereocenters. The molecule has 0 aromatic carbocycles. The number of fused-ring (bicyclic) bond motifs is 5. The third-order valence-corrected chi connectivity index (χ3v) is 6.24. The van der Waals surface area contributed by atoms with Crippen molar-refractivity contribution in [1.82, 2.24) is 10.2 Å². The van der Waals surface area contributed by atoms with E-state index in [4.69, 9.17) is 4.74 Å². The van der Waals surface area contributed by atoms with Crippen molar-refractivity contribution in [2.24, 2.45) is 5.92 Å². The molecular formula is C15H19F3N2O3. The molecule has 2 amide bonds. The first-order valence-electron chi connectivity index (χ1n) is 7.97. The first kappa shape index (κ1) is 15.2. The zero-order chi connectivity index (χ0) is 16.6. The fourth-order valence-electron chi connectivity index (χ4n) is 5.10. The Morgan fingerprint density at radius 3 is 2.57 bits per heavy atom. The second-order valence-electron chi connectivity index (χ2n) is 7.39. The lowest BCUT2D eigenvalue weighted by atomic mass is 9.63. The van der Waals surface area contributed by atoms with Crippen LogP contribution in [0.15, 0.2) is 0 Å². The number of hydrogen-bond acceptors (Lipinski definition) is 3. The lowest BCUT2D eigenvalue weighted by Crippen LogP contribution is -2.75. The van der Waals surface area contributed by atoms with Gasteiger partial charge in [-0.05, 0) is 25.2 Å². The number of carbonyl (C=O) groups is 2. The number of rotatable bonds is 1. The van der Waals surface area contributed by atoms with Crippen LogP contribution in [0.2, 0.25) is 0 Å². The fraction of sp³-hybridized carbons (Fsp3) is 0.867. The van der Waals surface area contributed by atoms with Crippen molar-refractivity contribution in [3.05, 3.63) is 0 Å². The number of nitrogens with zero attached hydrogens (tertiary/aromatic N) is 1. The minimum absolute atomic E-state index is 0.0745. The lowest BCUT2D eigenvalue weighted by Gasteiger charge is -2.55. The standard InChI is InChI=1S/C15H19F3N2O3/c1-23-14(15(16,17)18)6-13(7-14)12(22)20-9-3-2-8(4-9)10(20)5-11(21)19-13/h8-10H,2-7H2,1H3,(H,19,21)/t8-,9+,10+,13?,14?/m0/s1. The number of piperidine rings is 1. The van der Waals surface area contributed by atoms with Crippen LogP contribution in [0, 0.1) is 5.92 Å². The fourth-order valence-corrected chi connectivity index (χ4v) is 5.10. The van der Waals surface area contributed by atoms with Gasteiger partial charge in [0.2, 0.25) is 11.8 Å². The third-order valence-electron chi connectivity index (χ3n) is 6.24. The van der Waals surface area contributed by atoms with E-state index in [1.807, 2.05) is 0 Å². The molecule has 3 atom stereocenters. The van der Waals surface area contributed by atoms with Gasteiger partial charge in [0.05, 0.1) is 0 Å². The van der Waals surface area contributed by atoms with Crippen LogP contribution in [0.5, 0.6) is 0 Å². The van der Waals surface area contributed by atoms with Crippen LogP contribution >= 0.6 is 0 Å². The average Bonchev–Trinajstić information content (AvgIpc) is 2.98. The molecule has 2 aliphatic carbocycles. The zero-order valence-corrected chi connectivity index (χ0v) is 12.8. The topological polar surface area (TPSA) is 58.6 Å². The van der Waals surface area contributed by atoms with Crippen LogP contribution in [-0.4, -0.2) is 53.2 Å². The highest BCUT2D eigenvalue weighted by Crippen LogP contribution is 2.56. The summed E-state index contributed by atoms with van der Waals surface area (Å²) in [4.78, 5) is 26.9. The van der Waals surface area contributed by atoms with E-state index in [0.29, 0.717) is 5.92 Å². The summed E-state index contributed by atoms with van der Waals surface area (Å²) in [6.07, 6.45) is -2.70. The second-order valence-corrected chi connectivity index (χ2v) is 7.39. The molecule has 1 N–H and O–H groups in total. The maximum atomic E-state index is 13.3. The van der Waals surface area contributed by atoms with E-state index in [9.17, 15) is 22.8 Å². The van der Waals surface area contributed by atoms with Crippen LogP contribution in [-0.2, 0) is 14.3 Å². The molecule has 23 heavy (non-hydrogen) atoms. The monoisotopic (exact) mass is 332 g/mol. The molecule has 0 radical (unpaired) electrons. The summed E-state index contributed by atoms with van der Waals surface area (Å²) in [6, 6.07) is -0.0745. The smallest absolute Gasteiger partial charge is 0.369 e. The summed E-state index contributed by atoms with van der Waals surface area (Å²) in [5, 5.41) is 2.59. The molecule has 2 aliphatic heterocycles. The van der Waals surface area contributed by atoms with Gasteiger partial charge in [-0.25, -0.2) is 0 Å². The molecular weight excluding hydrogens is 313 g/mol. The average molecular weight is 332 g/mol. The highest BCUT2D eigenvalue weighted by Gasteiger charge is 2.73.